The van der Waals surface area contributed by atoms with E-state index in [1.54, 1.807) is 7.11 Å². The Balaban J connectivity index is 2.08. The van der Waals surface area contributed by atoms with Crippen molar-refractivity contribution in [3.8, 4) is 5.75 Å². The summed E-state index contributed by atoms with van der Waals surface area (Å²) in [5.74, 6) is 2.98. The summed E-state index contributed by atoms with van der Waals surface area (Å²) in [5, 5.41) is 8.09. The van der Waals surface area contributed by atoms with Crippen LogP contribution in [0.25, 0.3) is 0 Å². The lowest BCUT2D eigenvalue weighted by atomic mass is 9.92. The molecule has 1 aliphatic rings. The first-order valence-corrected chi connectivity index (χ1v) is 7.97. The van der Waals surface area contributed by atoms with Crippen molar-refractivity contribution in [3.63, 3.8) is 0 Å². The van der Waals surface area contributed by atoms with Crippen molar-refractivity contribution in [3.05, 3.63) is 11.9 Å². The van der Waals surface area contributed by atoms with Crippen LogP contribution in [0, 0.1) is 11.8 Å². The number of ether oxygens (including phenoxy) is 1. The van der Waals surface area contributed by atoms with Gasteiger partial charge in [0.2, 0.25) is 0 Å². The van der Waals surface area contributed by atoms with E-state index in [-0.39, 0.29) is 0 Å². The molecule has 4 nitrogen and oxygen atoms in total. The highest BCUT2D eigenvalue weighted by molar-refractivity contribution is 5.30. The van der Waals surface area contributed by atoms with Crippen LogP contribution in [0.4, 0.5) is 0 Å². The van der Waals surface area contributed by atoms with Gasteiger partial charge in [0.05, 0.1) is 19.0 Å². The van der Waals surface area contributed by atoms with Gasteiger partial charge in [0.15, 0.2) is 5.75 Å². The van der Waals surface area contributed by atoms with E-state index in [1.807, 2.05) is 6.20 Å². The van der Waals surface area contributed by atoms with Crippen molar-refractivity contribution >= 4 is 0 Å². The lowest BCUT2D eigenvalue weighted by molar-refractivity contribution is 0.374. The van der Waals surface area contributed by atoms with Crippen molar-refractivity contribution in [1.29, 1.82) is 0 Å². The Kier molecular flexibility index (Phi) is 5.46. The molecule has 1 fully saturated rings. The molecule has 0 amide bonds. The molecule has 1 aliphatic carbocycles. The first-order valence-electron chi connectivity index (χ1n) is 7.97. The zero-order chi connectivity index (χ0) is 14.5. The van der Waals surface area contributed by atoms with Crippen LogP contribution in [-0.2, 0) is 6.54 Å². The molecule has 20 heavy (non-hydrogen) atoms. The normalized spacial score (nSPS) is 22.6. The van der Waals surface area contributed by atoms with Crippen molar-refractivity contribution in [2.75, 3.05) is 20.2 Å². The van der Waals surface area contributed by atoms with Crippen LogP contribution < -0.4 is 10.1 Å². The molecule has 2 rings (SSSR count). The van der Waals surface area contributed by atoms with E-state index >= 15 is 0 Å². The Morgan fingerprint density at radius 3 is 2.90 bits per heavy atom. The van der Waals surface area contributed by atoms with Gasteiger partial charge in [-0.05, 0) is 44.7 Å². The summed E-state index contributed by atoms with van der Waals surface area (Å²) in [6.45, 7) is 9.80. The minimum absolute atomic E-state index is 0.590. The third-order valence-corrected chi connectivity index (χ3v) is 4.33. The number of nitrogens with one attached hydrogen (secondary N) is 1. The smallest absolute Gasteiger partial charge is 0.160 e. The molecule has 0 aromatic carbocycles. The fourth-order valence-electron chi connectivity index (χ4n) is 3.36. The van der Waals surface area contributed by atoms with E-state index < -0.39 is 0 Å². The van der Waals surface area contributed by atoms with Crippen LogP contribution in [0.2, 0.25) is 0 Å². The van der Waals surface area contributed by atoms with Gasteiger partial charge in [-0.15, -0.1) is 0 Å². The summed E-state index contributed by atoms with van der Waals surface area (Å²) in [4.78, 5) is 0. The lowest BCUT2D eigenvalue weighted by Crippen LogP contribution is -2.28. The summed E-state index contributed by atoms with van der Waals surface area (Å²) >= 11 is 0. The van der Waals surface area contributed by atoms with E-state index in [2.05, 4.69) is 35.9 Å². The average molecular weight is 279 g/mol. The summed E-state index contributed by atoms with van der Waals surface area (Å²) in [7, 11) is 1.75. The van der Waals surface area contributed by atoms with E-state index in [1.165, 1.54) is 25.0 Å². The standard InChI is InChI=1S/C16H29N3O/c1-5-19-16(15(20-4)11-18-19)14-8-6-7-13(14)10-17-9-12(2)3/h11-14,17H,5-10H2,1-4H3. The van der Waals surface area contributed by atoms with E-state index in [9.17, 15) is 0 Å². The molecule has 114 valence electrons. The molecular weight excluding hydrogens is 250 g/mol. The van der Waals surface area contributed by atoms with E-state index in [0.717, 1.165) is 25.4 Å². The fraction of sp³-hybridized carbons (Fsp3) is 0.812. The molecule has 1 aromatic heterocycles. The second-order valence-corrected chi connectivity index (χ2v) is 6.26. The number of hydrogen-bond donors (Lipinski definition) is 1. The highest BCUT2D eigenvalue weighted by atomic mass is 16.5. The van der Waals surface area contributed by atoms with Crippen LogP contribution in [0.3, 0.4) is 0 Å². The molecule has 0 bridgehead atoms. The third-order valence-electron chi connectivity index (χ3n) is 4.33. The van der Waals surface area contributed by atoms with Gasteiger partial charge in [-0.1, -0.05) is 20.3 Å². The third kappa shape index (κ3) is 3.35. The van der Waals surface area contributed by atoms with Crippen LogP contribution in [-0.4, -0.2) is 30.0 Å². The average Bonchev–Trinajstić information content (AvgIpc) is 3.02. The van der Waals surface area contributed by atoms with Crippen molar-refractivity contribution in [2.24, 2.45) is 11.8 Å². The quantitative estimate of drug-likeness (QED) is 0.834. The van der Waals surface area contributed by atoms with Gasteiger partial charge in [-0.2, -0.15) is 5.10 Å². The first kappa shape index (κ1) is 15.4. The van der Waals surface area contributed by atoms with Gasteiger partial charge in [0.25, 0.3) is 0 Å². The highest BCUT2D eigenvalue weighted by Gasteiger charge is 2.33. The van der Waals surface area contributed by atoms with Crippen molar-refractivity contribution in [2.45, 2.75) is 52.5 Å². The van der Waals surface area contributed by atoms with Crippen molar-refractivity contribution in [1.82, 2.24) is 15.1 Å². The summed E-state index contributed by atoms with van der Waals surface area (Å²) in [6.07, 6.45) is 5.76. The van der Waals surface area contributed by atoms with Crippen LogP contribution in [0.5, 0.6) is 5.75 Å². The molecule has 0 aliphatic heterocycles. The Morgan fingerprint density at radius 1 is 1.45 bits per heavy atom. The molecule has 2 atom stereocenters. The highest BCUT2D eigenvalue weighted by Crippen LogP contribution is 2.42. The van der Waals surface area contributed by atoms with E-state index in [0.29, 0.717) is 17.8 Å². The molecule has 1 heterocycles. The van der Waals surface area contributed by atoms with Crippen LogP contribution in [0.15, 0.2) is 6.20 Å². The fourth-order valence-corrected chi connectivity index (χ4v) is 3.36. The van der Waals surface area contributed by atoms with Gasteiger partial charge in [0, 0.05) is 12.5 Å². The summed E-state index contributed by atoms with van der Waals surface area (Å²) in [6, 6.07) is 0. The second kappa shape index (κ2) is 7.11. The molecule has 1 N–H and O–H groups in total. The van der Waals surface area contributed by atoms with Crippen molar-refractivity contribution < 1.29 is 4.74 Å². The van der Waals surface area contributed by atoms with Gasteiger partial charge in [-0.3, -0.25) is 4.68 Å². The molecule has 0 radical (unpaired) electrons. The zero-order valence-corrected chi connectivity index (χ0v) is 13.4. The number of rotatable bonds is 7. The number of aromatic nitrogens is 2. The lowest BCUT2D eigenvalue weighted by Gasteiger charge is -2.22. The molecule has 2 unspecified atom stereocenters. The molecule has 0 spiro atoms. The van der Waals surface area contributed by atoms with E-state index in [4.69, 9.17) is 4.74 Å². The molecule has 1 saturated carbocycles. The molecule has 1 aromatic rings. The molecule has 4 heteroatoms. The Morgan fingerprint density at radius 2 is 2.25 bits per heavy atom. The number of nitrogens with zero attached hydrogens (tertiary/aromatic N) is 2. The SMILES string of the molecule is CCn1ncc(OC)c1C1CCCC1CNCC(C)C. The van der Waals surface area contributed by atoms with Gasteiger partial charge < -0.3 is 10.1 Å². The predicted molar refractivity (Wildman–Crippen MR) is 82.2 cm³/mol. The van der Waals surface area contributed by atoms with Crippen LogP contribution >= 0.6 is 0 Å². The maximum atomic E-state index is 5.53. The molecule has 0 saturated heterocycles. The summed E-state index contributed by atoms with van der Waals surface area (Å²) < 4.78 is 7.64. The second-order valence-electron chi connectivity index (χ2n) is 6.26. The number of hydrogen-bond acceptors (Lipinski definition) is 3. The van der Waals surface area contributed by atoms with Gasteiger partial charge in [0.1, 0.15) is 0 Å². The number of aryl methyl sites for hydroxylation is 1. The zero-order valence-electron chi connectivity index (χ0n) is 13.4. The Labute approximate surface area is 122 Å². The topological polar surface area (TPSA) is 39.1 Å². The minimum Gasteiger partial charge on any atom is -0.493 e. The largest absolute Gasteiger partial charge is 0.493 e. The summed E-state index contributed by atoms with van der Waals surface area (Å²) in [5.41, 5.74) is 1.31. The number of methoxy groups -OCH3 is 1. The van der Waals surface area contributed by atoms with Gasteiger partial charge >= 0.3 is 0 Å². The Hall–Kier alpha value is -1.03. The predicted octanol–water partition coefficient (Wildman–Crippen LogP) is 3.04. The first-order chi connectivity index (χ1) is 9.67. The van der Waals surface area contributed by atoms with Gasteiger partial charge in [-0.25, -0.2) is 0 Å². The maximum absolute atomic E-state index is 5.53. The van der Waals surface area contributed by atoms with Crippen LogP contribution in [0.1, 0.15) is 51.6 Å². The Bertz CT molecular complexity index is 392. The minimum atomic E-state index is 0.590. The maximum Gasteiger partial charge on any atom is 0.160 e. The monoisotopic (exact) mass is 279 g/mol. The molecular formula is C16H29N3O.